The number of rotatable bonds is 6. The molecule has 3 heteroatoms. The summed E-state index contributed by atoms with van der Waals surface area (Å²) in [5.41, 5.74) is 0.119. The molecule has 2 fully saturated rings. The molecule has 1 saturated heterocycles. The quantitative estimate of drug-likeness (QED) is 0.705. The van der Waals surface area contributed by atoms with E-state index < -0.39 is 0 Å². The molecule has 2 rings (SSSR count). The Labute approximate surface area is 98.9 Å². The Morgan fingerprint density at radius 1 is 1.38 bits per heavy atom. The third-order valence-corrected chi connectivity index (χ3v) is 3.69. The van der Waals surface area contributed by atoms with E-state index in [1.54, 1.807) is 0 Å². The van der Waals surface area contributed by atoms with E-state index in [0.29, 0.717) is 6.10 Å². The van der Waals surface area contributed by atoms with Gasteiger partial charge in [-0.1, -0.05) is 19.8 Å². The molecule has 0 amide bonds. The average Bonchev–Trinajstić information content (AvgIpc) is 2.91. The van der Waals surface area contributed by atoms with Gasteiger partial charge in [0.05, 0.1) is 18.3 Å². The van der Waals surface area contributed by atoms with Crippen molar-refractivity contribution in [1.82, 2.24) is 5.32 Å². The van der Waals surface area contributed by atoms with E-state index in [1.165, 1.54) is 32.1 Å². The molecule has 0 aromatic heterocycles. The summed E-state index contributed by atoms with van der Waals surface area (Å²) in [6.07, 6.45) is 7.71. The van der Waals surface area contributed by atoms with Crippen molar-refractivity contribution in [2.24, 2.45) is 0 Å². The number of nitrogens with one attached hydrogen (secondary N) is 1. The molecular formula is C13H25NO2. The molecule has 1 heterocycles. The third kappa shape index (κ3) is 3.19. The van der Waals surface area contributed by atoms with E-state index in [4.69, 9.17) is 9.47 Å². The van der Waals surface area contributed by atoms with Crippen LogP contribution in [0.4, 0.5) is 0 Å². The van der Waals surface area contributed by atoms with E-state index in [2.05, 4.69) is 12.2 Å². The smallest absolute Gasteiger partial charge is 0.0838 e. The lowest BCUT2D eigenvalue weighted by molar-refractivity contribution is -0.0886. The summed E-state index contributed by atoms with van der Waals surface area (Å²) >= 11 is 0. The Balaban J connectivity index is 1.82. The van der Waals surface area contributed by atoms with E-state index in [1.807, 2.05) is 0 Å². The van der Waals surface area contributed by atoms with Crippen molar-refractivity contribution in [1.29, 1.82) is 0 Å². The lowest BCUT2D eigenvalue weighted by Crippen LogP contribution is -2.43. The first kappa shape index (κ1) is 12.3. The number of hydrogen-bond donors (Lipinski definition) is 1. The predicted octanol–water partition coefficient (Wildman–Crippen LogP) is 2.10. The van der Waals surface area contributed by atoms with Crippen molar-refractivity contribution >= 4 is 0 Å². The van der Waals surface area contributed by atoms with Gasteiger partial charge in [-0.05, 0) is 32.2 Å². The van der Waals surface area contributed by atoms with Crippen molar-refractivity contribution in [2.75, 3.05) is 26.3 Å². The molecule has 0 spiro atoms. The molecule has 94 valence electrons. The minimum Gasteiger partial charge on any atom is -0.379 e. The molecule has 1 aliphatic heterocycles. The van der Waals surface area contributed by atoms with Gasteiger partial charge in [0, 0.05) is 13.2 Å². The monoisotopic (exact) mass is 227 g/mol. The van der Waals surface area contributed by atoms with Gasteiger partial charge in [0.2, 0.25) is 0 Å². The van der Waals surface area contributed by atoms with Crippen molar-refractivity contribution in [2.45, 2.75) is 57.2 Å². The van der Waals surface area contributed by atoms with Gasteiger partial charge in [-0.3, -0.25) is 0 Å². The third-order valence-electron chi connectivity index (χ3n) is 3.69. The molecule has 1 aliphatic carbocycles. The fraction of sp³-hybridized carbons (Fsp3) is 1.00. The summed E-state index contributed by atoms with van der Waals surface area (Å²) in [7, 11) is 0. The molecule has 1 unspecified atom stereocenters. The highest BCUT2D eigenvalue weighted by Gasteiger charge is 2.37. The molecule has 0 bridgehead atoms. The number of hydrogen-bond acceptors (Lipinski definition) is 3. The standard InChI is InChI=1S/C13H25NO2/c1-2-8-14-11-13(6-3-4-7-13)16-12-5-9-15-10-12/h12,14H,2-11H2,1H3. The molecule has 16 heavy (non-hydrogen) atoms. The summed E-state index contributed by atoms with van der Waals surface area (Å²) in [6.45, 7) is 6.02. The zero-order valence-corrected chi connectivity index (χ0v) is 10.5. The van der Waals surface area contributed by atoms with Crippen molar-refractivity contribution in [3.05, 3.63) is 0 Å². The maximum Gasteiger partial charge on any atom is 0.0838 e. The van der Waals surface area contributed by atoms with Gasteiger partial charge in [-0.15, -0.1) is 0 Å². The molecule has 0 radical (unpaired) electrons. The summed E-state index contributed by atoms with van der Waals surface area (Å²) in [5, 5.41) is 3.53. The second-order valence-electron chi connectivity index (χ2n) is 5.17. The van der Waals surface area contributed by atoms with Gasteiger partial charge in [0.1, 0.15) is 0 Å². The van der Waals surface area contributed by atoms with Crippen LogP contribution in [0.5, 0.6) is 0 Å². The van der Waals surface area contributed by atoms with Crippen LogP contribution in [-0.4, -0.2) is 38.0 Å². The Morgan fingerprint density at radius 2 is 2.19 bits per heavy atom. The summed E-state index contributed by atoms with van der Waals surface area (Å²) in [4.78, 5) is 0. The van der Waals surface area contributed by atoms with Crippen LogP contribution in [0.2, 0.25) is 0 Å². The molecule has 0 aromatic rings. The minimum absolute atomic E-state index is 0.119. The molecule has 2 aliphatic rings. The van der Waals surface area contributed by atoms with Crippen LogP contribution in [0.15, 0.2) is 0 Å². The highest BCUT2D eigenvalue weighted by atomic mass is 16.6. The van der Waals surface area contributed by atoms with Gasteiger partial charge in [-0.25, -0.2) is 0 Å². The van der Waals surface area contributed by atoms with Gasteiger partial charge in [0.15, 0.2) is 0 Å². The summed E-state index contributed by atoms with van der Waals surface area (Å²) in [5.74, 6) is 0. The maximum atomic E-state index is 6.32. The van der Waals surface area contributed by atoms with E-state index >= 15 is 0 Å². The molecule has 1 atom stereocenters. The van der Waals surface area contributed by atoms with Gasteiger partial charge < -0.3 is 14.8 Å². The molecule has 1 N–H and O–H groups in total. The SMILES string of the molecule is CCCNCC1(OC2CCOC2)CCCC1. The van der Waals surface area contributed by atoms with Crippen LogP contribution >= 0.6 is 0 Å². The Kier molecular flexibility index (Phi) is 4.62. The Bertz CT molecular complexity index is 196. The second-order valence-corrected chi connectivity index (χ2v) is 5.17. The fourth-order valence-electron chi connectivity index (χ4n) is 2.81. The first-order valence-electron chi connectivity index (χ1n) is 6.81. The van der Waals surface area contributed by atoms with Crippen LogP contribution < -0.4 is 5.32 Å². The maximum absolute atomic E-state index is 6.32. The normalized spacial score (nSPS) is 28.7. The van der Waals surface area contributed by atoms with E-state index in [0.717, 1.165) is 32.7 Å². The van der Waals surface area contributed by atoms with Crippen molar-refractivity contribution in [3.8, 4) is 0 Å². The van der Waals surface area contributed by atoms with E-state index in [9.17, 15) is 0 Å². The van der Waals surface area contributed by atoms with Crippen LogP contribution in [-0.2, 0) is 9.47 Å². The van der Waals surface area contributed by atoms with Crippen molar-refractivity contribution < 1.29 is 9.47 Å². The van der Waals surface area contributed by atoms with Crippen LogP contribution in [0.1, 0.15) is 45.4 Å². The molecule has 3 nitrogen and oxygen atoms in total. The van der Waals surface area contributed by atoms with Gasteiger partial charge in [-0.2, -0.15) is 0 Å². The van der Waals surface area contributed by atoms with E-state index in [-0.39, 0.29) is 5.60 Å². The first-order chi connectivity index (χ1) is 7.85. The largest absolute Gasteiger partial charge is 0.379 e. The first-order valence-corrected chi connectivity index (χ1v) is 6.81. The zero-order chi connectivity index (χ0) is 11.3. The average molecular weight is 227 g/mol. The zero-order valence-electron chi connectivity index (χ0n) is 10.5. The summed E-state index contributed by atoms with van der Waals surface area (Å²) in [6, 6.07) is 0. The van der Waals surface area contributed by atoms with Gasteiger partial charge >= 0.3 is 0 Å². The van der Waals surface area contributed by atoms with Crippen LogP contribution in [0.25, 0.3) is 0 Å². The Hall–Kier alpha value is -0.120. The number of ether oxygens (including phenoxy) is 2. The summed E-state index contributed by atoms with van der Waals surface area (Å²) < 4.78 is 11.7. The predicted molar refractivity (Wildman–Crippen MR) is 64.7 cm³/mol. The van der Waals surface area contributed by atoms with Gasteiger partial charge in [0.25, 0.3) is 0 Å². The molecular weight excluding hydrogens is 202 g/mol. The lowest BCUT2D eigenvalue weighted by Gasteiger charge is -2.32. The molecule has 1 saturated carbocycles. The Morgan fingerprint density at radius 3 is 2.81 bits per heavy atom. The topological polar surface area (TPSA) is 30.5 Å². The highest BCUT2D eigenvalue weighted by molar-refractivity contribution is 4.90. The second kappa shape index (κ2) is 5.99. The van der Waals surface area contributed by atoms with Crippen LogP contribution in [0, 0.1) is 0 Å². The van der Waals surface area contributed by atoms with Crippen LogP contribution in [0.3, 0.4) is 0 Å². The minimum atomic E-state index is 0.119. The highest BCUT2D eigenvalue weighted by Crippen LogP contribution is 2.34. The van der Waals surface area contributed by atoms with Crippen molar-refractivity contribution in [3.63, 3.8) is 0 Å². The molecule has 0 aromatic carbocycles. The lowest BCUT2D eigenvalue weighted by atomic mass is 10.0. The fourth-order valence-corrected chi connectivity index (χ4v) is 2.81.